The molecule has 0 bridgehead atoms. The number of carbonyl (C=O) groups excluding carboxylic acids is 2. The first-order valence-electron chi connectivity index (χ1n) is 3.75. The Balaban J connectivity index is 3.19. The molecule has 1 aromatic rings. The molecule has 3 N–H and O–H groups in total. The Morgan fingerprint density at radius 2 is 1.86 bits per heavy atom. The molecular weight excluding hydrogens is 188 g/mol. The number of nitrogens with one attached hydrogen (secondary N) is 1. The van der Waals surface area contributed by atoms with Crippen LogP contribution in [-0.4, -0.2) is 31.1 Å². The summed E-state index contributed by atoms with van der Waals surface area (Å²) in [5, 5.41) is 0. The molecule has 6 heteroatoms. The molecule has 0 spiro atoms. The number of carbonyl (C=O) groups is 2. The summed E-state index contributed by atoms with van der Waals surface area (Å²) in [6.45, 7) is 0. The van der Waals surface area contributed by atoms with Gasteiger partial charge in [0.25, 0.3) is 0 Å². The first-order chi connectivity index (χ1) is 6.61. The van der Waals surface area contributed by atoms with Gasteiger partial charge in [0.15, 0.2) is 0 Å². The fraction of sp³-hybridized carbons (Fsp3) is 0.250. The zero-order valence-electron chi connectivity index (χ0n) is 7.79. The van der Waals surface area contributed by atoms with Gasteiger partial charge in [-0.05, 0) is 0 Å². The third-order valence-corrected chi connectivity index (χ3v) is 1.71. The molecule has 0 aliphatic carbocycles. The number of nitrogen functional groups attached to an aromatic ring is 1. The van der Waals surface area contributed by atoms with Crippen LogP contribution in [0.4, 0.5) is 5.82 Å². The molecule has 0 amide bonds. The number of esters is 2. The van der Waals surface area contributed by atoms with Crippen molar-refractivity contribution in [2.45, 2.75) is 0 Å². The van der Waals surface area contributed by atoms with Gasteiger partial charge < -0.3 is 20.2 Å². The van der Waals surface area contributed by atoms with Crippen LogP contribution in [0.5, 0.6) is 0 Å². The van der Waals surface area contributed by atoms with Gasteiger partial charge in [-0.15, -0.1) is 0 Å². The fourth-order valence-corrected chi connectivity index (χ4v) is 1.03. The highest BCUT2D eigenvalue weighted by Crippen LogP contribution is 2.17. The maximum atomic E-state index is 11.2. The van der Waals surface area contributed by atoms with Crippen LogP contribution in [0.3, 0.4) is 0 Å². The van der Waals surface area contributed by atoms with Crippen LogP contribution in [0.1, 0.15) is 20.7 Å². The van der Waals surface area contributed by atoms with Crippen LogP contribution in [0.15, 0.2) is 6.20 Å². The number of aromatic amines is 1. The molecule has 1 aromatic heterocycles. The standard InChI is InChI=1S/C8H10N2O4/c1-13-7(11)4-3-10-6(9)5(4)8(12)14-2/h3,10H,9H2,1-2H3. The van der Waals surface area contributed by atoms with Gasteiger partial charge in [-0.3, -0.25) is 0 Å². The topological polar surface area (TPSA) is 94.4 Å². The summed E-state index contributed by atoms with van der Waals surface area (Å²) in [4.78, 5) is 24.9. The largest absolute Gasteiger partial charge is 0.465 e. The van der Waals surface area contributed by atoms with Gasteiger partial charge in [-0.2, -0.15) is 0 Å². The van der Waals surface area contributed by atoms with Gasteiger partial charge in [-0.25, -0.2) is 9.59 Å². The van der Waals surface area contributed by atoms with Crippen LogP contribution >= 0.6 is 0 Å². The Kier molecular flexibility index (Phi) is 2.76. The molecule has 0 aliphatic heterocycles. The lowest BCUT2D eigenvalue weighted by molar-refractivity contribution is 0.0557. The van der Waals surface area contributed by atoms with Crippen molar-refractivity contribution in [3.63, 3.8) is 0 Å². The summed E-state index contributed by atoms with van der Waals surface area (Å²) in [6, 6.07) is 0. The number of H-pyrrole nitrogens is 1. The molecule has 6 nitrogen and oxygen atoms in total. The highest BCUT2D eigenvalue weighted by molar-refractivity contribution is 6.06. The third-order valence-electron chi connectivity index (χ3n) is 1.71. The molecule has 1 rings (SSSR count). The van der Waals surface area contributed by atoms with Crippen LogP contribution < -0.4 is 5.73 Å². The third kappa shape index (κ3) is 1.54. The second-order valence-corrected chi connectivity index (χ2v) is 2.47. The Labute approximate surface area is 80.0 Å². The molecule has 0 aromatic carbocycles. The molecule has 1 heterocycles. The number of aromatic nitrogens is 1. The summed E-state index contributed by atoms with van der Waals surface area (Å²) >= 11 is 0. The molecule has 0 radical (unpaired) electrons. The Morgan fingerprint density at radius 1 is 1.29 bits per heavy atom. The Morgan fingerprint density at radius 3 is 2.36 bits per heavy atom. The van der Waals surface area contributed by atoms with Crippen molar-refractivity contribution >= 4 is 17.8 Å². The number of anilines is 1. The van der Waals surface area contributed by atoms with E-state index in [2.05, 4.69) is 14.5 Å². The predicted octanol–water partition coefficient (Wildman–Crippen LogP) is 0.170. The van der Waals surface area contributed by atoms with E-state index in [0.717, 1.165) is 0 Å². The minimum atomic E-state index is -0.677. The molecule has 0 saturated carbocycles. The van der Waals surface area contributed by atoms with E-state index >= 15 is 0 Å². The lowest BCUT2D eigenvalue weighted by Crippen LogP contribution is -2.10. The SMILES string of the molecule is COC(=O)c1c[nH]c(N)c1C(=O)OC. The second kappa shape index (κ2) is 3.82. The number of rotatable bonds is 2. The lowest BCUT2D eigenvalue weighted by Gasteiger charge is -2.00. The molecule has 0 fully saturated rings. The summed E-state index contributed by atoms with van der Waals surface area (Å²) in [6.07, 6.45) is 1.30. The van der Waals surface area contributed by atoms with Crippen molar-refractivity contribution in [1.29, 1.82) is 0 Å². The quantitative estimate of drug-likeness (QED) is 0.660. The Bertz CT molecular complexity index is 369. The minimum Gasteiger partial charge on any atom is -0.465 e. The smallest absolute Gasteiger partial charge is 0.342 e. The monoisotopic (exact) mass is 198 g/mol. The van der Waals surface area contributed by atoms with Crippen molar-refractivity contribution in [2.24, 2.45) is 0 Å². The van der Waals surface area contributed by atoms with Gasteiger partial charge in [0.05, 0.1) is 19.8 Å². The van der Waals surface area contributed by atoms with E-state index in [-0.39, 0.29) is 16.9 Å². The maximum absolute atomic E-state index is 11.2. The van der Waals surface area contributed by atoms with Crippen LogP contribution in [-0.2, 0) is 9.47 Å². The summed E-state index contributed by atoms with van der Waals surface area (Å²) in [5.74, 6) is -1.24. The molecule has 0 unspecified atom stereocenters. The number of methoxy groups -OCH3 is 2. The maximum Gasteiger partial charge on any atom is 0.342 e. The van der Waals surface area contributed by atoms with Gasteiger partial charge >= 0.3 is 11.9 Å². The summed E-state index contributed by atoms with van der Waals surface area (Å²) in [5.41, 5.74) is 5.51. The number of nitrogens with two attached hydrogens (primary N) is 1. The highest BCUT2D eigenvalue weighted by Gasteiger charge is 2.22. The number of ether oxygens (including phenoxy) is 2. The van der Waals surface area contributed by atoms with Crippen molar-refractivity contribution in [2.75, 3.05) is 20.0 Å². The number of hydrogen-bond donors (Lipinski definition) is 2. The van der Waals surface area contributed by atoms with Crippen LogP contribution in [0.2, 0.25) is 0 Å². The predicted molar refractivity (Wildman–Crippen MR) is 47.9 cm³/mol. The van der Waals surface area contributed by atoms with E-state index in [0.29, 0.717) is 0 Å². The van der Waals surface area contributed by atoms with E-state index in [1.54, 1.807) is 0 Å². The Hall–Kier alpha value is -1.98. The second-order valence-electron chi connectivity index (χ2n) is 2.47. The highest BCUT2D eigenvalue weighted by atomic mass is 16.5. The summed E-state index contributed by atoms with van der Waals surface area (Å²) in [7, 11) is 2.42. The van der Waals surface area contributed by atoms with E-state index in [4.69, 9.17) is 5.73 Å². The van der Waals surface area contributed by atoms with E-state index in [1.807, 2.05) is 0 Å². The molecule has 0 aliphatic rings. The van der Waals surface area contributed by atoms with Crippen LogP contribution in [0.25, 0.3) is 0 Å². The molecular formula is C8H10N2O4. The zero-order valence-corrected chi connectivity index (χ0v) is 7.79. The molecule has 0 saturated heterocycles. The van der Waals surface area contributed by atoms with Crippen molar-refractivity contribution < 1.29 is 19.1 Å². The van der Waals surface area contributed by atoms with Crippen molar-refractivity contribution in [3.05, 3.63) is 17.3 Å². The molecule has 76 valence electrons. The number of hydrogen-bond acceptors (Lipinski definition) is 5. The molecule has 14 heavy (non-hydrogen) atoms. The van der Waals surface area contributed by atoms with Crippen molar-refractivity contribution in [1.82, 2.24) is 4.98 Å². The van der Waals surface area contributed by atoms with Gasteiger partial charge in [-0.1, -0.05) is 0 Å². The first kappa shape index (κ1) is 10.1. The summed E-state index contributed by atoms with van der Waals surface area (Å²) < 4.78 is 8.93. The minimum absolute atomic E-state index is 0.000602. The molecule has 0 atom stereocenters. The fourth-order valence-electron chi connectivity index (χ4n) is 1.03. The first-order valence-corrected chi connectivity index (χ1v) is 3.75. The van der Waals surface area contributed by atoms with E-state index < -0.39 is 11.9 Å². The zero-order chi connectivity index (χ0) is 10.7. The normalized spacial score (nSPS) is 9.57. The van der Waals surface area contributed by atoms with E-state index in [9.17, 15) is 9.59 Å². The van der Waals surface area contributed by atoms with Gasteiger partial charge in [0.1, 0.15) is 11.4 Å². The van der Waals surface area contributed by atoms with Gasteiger partial charge in [0.2, 0.25) is 0 Å². The van der Waals surface area contributed by atoms with Gasteiger partial charge in [0, 0.05) is 6.20 Å². The lowest BCUT2D eigenvalue weighted by atomic mass is 10.2. The average molecular weight is 198 g/mol. The van der Waals surface area contributed by atoms with Crippen molar-refractivity contribution in [3.8, 4) is 0 Å². The van der Waals surface area contributed by atoms with Crippen LogP contribution in [0, 0.1) is 0 Å². The average Bonchev–Trinajstić information content (AvgIpc) is 2.58. The van der Waals surface area contributed by atoms with E-state index in [1.165, 1.54) is 20.4 Å².